The molecule has 3 aromatic rings. The van der Waals surface area contributed by atoms with E-state index in [1.807, 2.05) is 32.0 Å². The Balaban J connectivity index is 1.44. The van der Waals surface area contributed by atoms with Crippen LogP contribution in [-0.2, 0) is 0 Å². The van der Waals surface area contributed by atoms with Crippen molar-refractivity contribution in [2.45, 2.75) is 38.6 Å². The largest absolute Gasteiger partial charge is 0.382 e. The van der Waals surface area contributed by atoms with Crippen molar-refractivity contribution in [1.82, 2.24) is 15.0 Å². The van der Waals surface area contributed by atoms with Crippen molar-refractivity contribution in [3.63, 3.8) is 0 Å². The molecule has 1 aromatic heterocycles. The number of nitrogens with zero attached hydrogens (tertiary/aromatic N) is 3. The van der Waals surface area contributed by atoms with Gasteiger partial charge in [0.2, 0.25) is 0 Å². The third kappa shape index (κ3) is 4.69. The zero-order chi connectivity index (χ0) is 22.7. The maximum Gasteiger partial charge on any atom is 0.258 e. The zero-order valence-electron chi connectivity index (χ0n) is 18.1. The normalized spacial score (nSPS) is 14.6. The minimum atomic E-state index is -0.412. The van der Waals surface area contributed by atoms with Gasteiger partial charge in [-0.25, -0.2) is 4.39 Å². The third-order valence-corrected chi connectivity index (χ3v) is 5.56. The monoisotopic (exact) mass is 435 g/mol. The van der Waals surface area contributed by atoms with Crippen LogP contribution in [0.5, 0.6) is 0 Å². The topological polar surface area (TPSA) is 95.1 Å². The molecular formula is C24H26FN5O2. The van der Waals surface area contributed by atoms with E-state index in [1.165, 1.54) is 18.3 Å². The molecule has 2 heterocycles. The molecule has 0 radical (unpaired) electrons. The van der Waals surface area contributed by atoms with Gasteiger partial charge in [-0.1, -0.05) is 17.3 Å². The standard InChI is InChI=1S/C24H26FN5O2/c1-15(2)27-21-13-17(6-7-19(21)14-26)23-28-22(29-32-23)16-8-10-30(11-9-16)24(31)18-4-3-5-20(25)12-18/h3-7,12-16,26-27H,8-11H2,1-2H3. The maximum absolute atomic E-state index is 13.4. The van der Waals surface area contributed by atoms with Gasteiger partial charge in [0.25, 0.3) is 11.8 Å². The van der Waals surface area contributed by atoms with E-state index in [1.54, 1.807) is 17.0 Å². The Morgan fingerprint density at radius 2 is 2.03 bits per heavy atom. The Morgan fingerprint density at radius 3 is 2.72 bits per heavy atom. The lowest BCUT2D eigenvalue weighted by molar-refractivity contribution is 0.0710. The van der Waals surface area contributed by atoms with Gasteiger partial charge in [0.1, 0.15) is 5.82 Å². The molecule has 1 aliphatic heterocycles. The van der Waals surface area contributed by atoms with Crippen LogP contribution in [0.25, 0.3) is 11.5 Å². The molecule has 166 valence electrons. The number of carbonyl (C=O) groups excluding carboxylic acids is 1. The second kappa shape index (κ2) is 9.30. The quantitative estimate of drug-likeness (QED) is 0.547. The van der Waals surface area contributed by atoms with E-state index in [4.69, 9.17) is 9.93 Å². The molecule has 7 nitrogen and oxygen atoms in total. The van der Waals surface area contributed by atoms with Crippen LogP contribution in [0.2, 0.25) is 0 Å². The molecule has 8 heteroatoms. The summed E-state index contributed by atoms with van der Waals surface area (Å²) in [6.45, 7) is 5.19. The molecular weight excluding hydrogens is 409 g/mol. The van der Waals surface area contributed by atoms with E-state index >= 15 is 0 Å². The summed E-state index contributed by atoms with van der Waals surface area (Å²) in [6, 6.07) is 11.6. The number of halogens is 1. The van der Waals surface area contributed by atoms with Crippen LogP contribution in [0.15, 0.2) is 47.0 Å². The van der Waals surface area contributed by atoms with Crippen molar-refractivity contribution in [2.75, 3.05) is 18.4 Å². The van der Waals surface area contributed by atoms with Crippen molar-refractivity contribution in [3.8, 4) is 11.5 Å². The van der Waals surface area contributed by atoms with Gasteiger partial charge in [0, 0.05) is 53.6 Å². The number of benzene rings is 2. The van der Waals surface area contributed by atoms with Gasteiger partial charge in [-0.15, -0.1) is 0 Å². The smallest absolute Gasteiger partial charge is 0.258 e. The van der Waals surface area contributed by atoms with Crippen LogP contribution in [0.4, 0.5) is 10.1 Å². The van der Waals surface area contributed by atoms with E-state index in [0.717, 1.165) is 16.8 Å². The lowest BCUT2D eigenvalue weighted by Crippen LogP contribution is -2.38. The number of amides is 1. The van der Waals surface area contributed by atoms with Crippen LogP contribution < -0.4 is 5.32 Å². The number of hydrogen-bond donors (Lipinski definition) is 2. The number of aromatic nitrogens is 2. The van der Waals surface area contributed by atoms with E-state index in [0.29, 0.717) is 43.2 Å². The molecule has 2 aromatic carbocycles. The summed E-state index contributed by atoms with van der Waals surface area (Å²) in [5.74, 6) is 0.589. The average molecular weight is 436 g/mol. The number of hydrogen-bond acceptors (Lipinski definition) is 6. The summed E-state index contributed by atoms with van der Waals surface area (Å²) >= 11 is 0. The Morgan fingerprint density at radius 1 is 1.25 bits per heavy atom. The molecule has 1 aliphatic rings. The van der Waals surface area contributed by atoms with Gasteiger partial charge in [-0.2, -0.15) is 4.98 Å². The summed E-state index contributed by atoms with van der Waals surface area (Å²) in [6.07, 6.45) is 2.74. The Kier molecular flexibility index (Phi) is 6.30. The first-order valence-electron chi connectivity index (χ1n) is 10.7. The van der Waals surface area contributed by atoms with Crippen LogP contribution >= 0.6 is 0 Å². The predicted octanol–water partition coefficient (Wildman–Crippen LogP) is 4.71. The van der Waals surface area contributed by atoms with Crippen LogP contribution in [-0.4, -0.2) is 46.3 Å². The molecule has 1 amide bonds. The van der Waals surface area contributed by atoms with Crippen molar-refractivity contribution >= 4 is 17.8 Å². The highest BCUT2D eigenvalue weighted by Gasteiger charge is 2.28. The lowest BCUT2D eigenvalue weighted by Gasteiger charge is -2.30. The Bertz CT molecular complexity index is 1120. The van der Waals surface area contributed by atoms with Crippen molar-refractivity contribution < 1.29 is 13.7 Å². The minimum Gasteiger partial charge on any atom is -0.382 e. The number of piperidine rings is 1. The molecule has 0 unspecified atom stereocenters. The predicted molar refractivity (Wildman–Crippen MR) is 121 cm³/mol. The van der Waals surface area contributed by atoms with E-state index in [2.05, 4.69) is 15.5 Å². The molecule has 2 N–H and O–H groups in total. The third-order valence-electron chi connectivity index (χ3n) is 5.56. The van der Waals surface area contributed by atoms with Crippen LogP contribution in [0.1, 0.15) is 54.4 Å². The summed E-state index contributed by atoms with van der Waals surface area (Å²) in [5.41, 5.74) is 2.79. The summed E-state index contributed by atoms with van der Waals surface area (Å²) < 4.78 is 19.0. The van der Waals surface area contributed by atoms with Crippen LogP contribution in [0.3, 0.4) is 0 Å². The highest BCUT2D eigenvalue weighted by Crippen LogP contribution is 2.30. The molecule has 1 fully saturated rings. The number of carbonyl (C=O) groups is 1. The highest BCUT2D eigenvalue weighted by atomic mass is 19.1. The van der Waals surface area contributed by atoms with Crippen molar-refractivity contribution in [2.24, 2.45) is 0 Å². The van der Waals surface area contributed by atoms with Gasteiger partial charge in [-0.3, -0.25) is 4.79 Å². The molecule has 0 aliphatic carbocycles. The lowest BCUT2D eigenvalue weighted by atomic mass is 9.95. The molecule has 1 saturated heterocycles. The number of anilines is 1. The van der Waals surface area contributed by atoms with Gasteiger partial charge >= 0.3 is 0 Å². The fourth-order valence-corrected chi connectivity index (χ4v) is 3.91. The van der Waals surface area contributed by atoms with E-state index in [-0.39, 0.29) is 17.9 Å². The summed E-state index contributed by atoms with van der Waals surface area (Å²) in [5, 5.41) is 15.1. The summed E-state index contributed by atoms with van der Waals surface area (Å²) in [4.78, 5) is 19.0. The van der Waals surface area contributed by atoms with Gasteiger partial charge < -0.3 is 20.1 Å². The molecule has 0 saturated carbocycles. The second-order valence-electron chi connectivity index (χ2n) is 8.28. The van der Waals surface area contributed by atoms with Gasteiger partial charge in [0.05, 0.1) is 0 Å². The van der Waals surface area contributed by atoms with E-state index < -0.39 is 5.82 Å². The first-order valence-corrected chi connectivity index (χ1v) is 10.7. The van der Waals surface area contributed by atoms with Gasteiger partial charge in [-0.05, 0) is 57.0 Å². The minimum absolute atomic E-state index is 0.0955. The number of rotatable bonds is 6. The first kappa shape index (κ1) is 21.7. The van der Waals surface area contributed by atoms with Crippen molar-refractivity contribution in [1.29, 1.82) is 5.41 Å². The highest BCUT2D eigenvalue weighted by molar-refractivity contribution is 5.94. The second-order valence-corrected chi connectivity index (χ2v) is 8.28. The average Bonchev–Trinajstić information content (AvgIpc) is 3.28. The Labute approximate surface area is 186 Å². The fourth-order valence-electron chi connectivity index (χ4n) is 3.91. The summed E-state index contributed by atoms with van der Waals surface area (Å²) in [7, 11) is 0. The van der Waals surface area contributed by atoms with Crippen molar-refractivity contribution in [3.05, 3.63) is 65.2 Å². The first-order chi connectivity index (χ1) is 15.4. The van der Waals surface area contributed by atoms with Gasteiger partial charge in [0.15, 0.2) is 5.82 Å². The van der Waals surface area contributed by atoms with E-state index in [9.17, 15) is 9.18 Å². The zero-order valence-corrected chi connectivity index (χ0v) is 18.1. The molecule has 0 bridgehead atoms. The SMILES string of the molecule is CC(C)Nc1cc(-c2nc(C3CCN(C(=O)c4cccc(F)c4)CC3)no2)ccc1C=N. The number of likely N-dealkylation sites (tertiary alicyclic amines) is 1. The maximum atomic E-state index is 13.4. The molecule has 0 spiro atoms. The molecule has 0 atom stereocenters. The Hall–Kier alpha value is -3.55. The molecule has 4 rings (SSSR count). The van der Waals surface area contributed by atoms with Crippen LogP contribution in [0, 0.1) is 11.2 Å². The molecule has 32 heavy (non-hydrogen) atoms. The number of nitrogens with one attached hydrogen (secondary N) is 2. The fraction of sp³-hybridized carbons (Fsp3) is 0.333.